The molecule has 2 rings (SSSR count). The molecule has 0 amide bonds. The predicted molar refractivity (Wildman–Crippen MR) is 86.7 cm³/mol. The van der Waals surface area contributed by atoms with Gasteiger partial charge in [-0.1, -0.05) is 5.92 Å². The molecule has 6 nitrogen and oxygen atoms in total. The minimum Gasteiger partial charge on any atom is -0.481 e. The number of allylic oxidation sites excluding steroid dienone is 1. The van der Waals surface area contributed by atoms with Gasteiger partial charge in [0.1, 0.15) is 17.9 Å². The fourth-order valence-electron chi connectivity index (χ4n) is 1.95. The Morgan fingerprint density at radius 1 is 1.29 bits per heavy atom. The molecule has 1 heterocycles. The van der Waals surface area contributed by atoms with Gasteiger partial charge in [0.05, 0.1) is 7.11 Å². The standard InChI is InChI=1S/C18H14O6/c1-3-8-23-15-6-4-12-9-13(18(21)24-16(12)11-15)10-14(19)5-7-17(20)22-2/h1,4-7,9,11H,8,10H2,2H3/b7-5-. The molecule has 0 saturated heterocycles. The van der Waals surface area contributed by atoms with Crippen LogP contribution in [-0.4, -0.2) is 25.5 Å². The van der Waals surface area contributed by atoms with E-state index >= 15 is 0 Å². The van der Waals surface area contributed by atoms with Crippen molar-refractivity contribution in [1.29, 1.82) is 0 Å². The first-order valence-electron chi connectivity index (χ1n) is 6.95. The molecule has 0 aliphatic heterocycles. The van der Waals surface area contributed by atoms with Crippen LogP contribution in [0.25, 0.3) is 11.0 Å². The van der Waals surface area contributed by atoms with Crippen molar-refractivity contribution in [3.05, 3.63) is 52.4 Å². The van der Waals surface area contributed by atoms with E-state index in [9.17, 15) is 14.4 Å². The number of carbonyl (C=O) groups excluding carboxylic acids is 2. The third kappa shape index (κ3) is 4.34. The maximum Gasteiger partial charge on any atom is 0.339 e. The number of terminal acetylenes is 1. The molecule has 0 unspecified atom stereocenters. The summed E-state index contributed by atoms with van der Waals surface area (Å²) in [6, 6.07) is 6.50. The number of methoxy groups -OCH3 is 1. The maximum absolute atomic E-state index is 12.0. The van der Waals surface area contributed by atoms with Gasteiger partial charge in [-0.25, -0.2) is 9.59 Å². The van der Waals surface area contributed by atoms with Crippen molar-refractivity contribution in [1.82, 2.24) is 0 Å². The molecule has 6 heteroatoms. The number of rotatable bonds is 6. The number of esters is 1. The molecule has 2 aromatic rings. The Bertz CT molecular complexity index is 898. The average molecular weight is 326 g/mol. The van der Waals surface area contributed by atoms with Crippen LogP contribution in [0.2, 0.25) is 0 Å². The molecule has 0 N–H and O–H groups in total. The number of fused-ring (bicyclic) bond motifs is 1. The van der Waals surface area contributed by atoms with E-state index in [1.54, 1.807) is 24.3 Å². The molecule has 0 radical (unpaired) electrons. The fourth-order valence-corrected chi connectivity index (χ4v) is 1.95. The third-order valence-electron chi connectivity index (χ3n) is 3.07. The zero-order chi connectivity index (χ0) is 17.5. The van der Waals surface area contributed by atoms with Crippen molar-refractivity contribution in [3.8, 4) is 18.1 Å². The van der Waals surface area contributed by atoms with Gasteiger partial charge in [-0.3, -0.25) is 4.79 Å². The monoisotopic (exact) mass is 326 g/mol. The number of hydrogen-bond donors (Lipinski definition) is 0. The minimum absolute atomic E-state index is 0.106. The molecule has 0 saturated carbocycles. The SMILES string of the molecule is C#CCOc1ccc2cc(CC(=O)/C=C\C(=O)OC)c(=O)oc2c1. The van der Waals surface area contributed by atoms with Crippen LogP contribution >= 0.6 is 0 Å². The second kappa shape index (κ2) is 7.79. The molecule has 0 fully saturated rings. The van der Waals surface area contributed by atoms with Crippen LogP contribution < -0.4 is 10.4 Å². The normalized spacial score (nSPS) is 10.5. The third-order valence-corrected chi connectivity index (χ3v) is 3.07. The lowest BCUT2D eigenvalue weighted by Crippen LogP contribution is -2.12. The van der Waals surface area contributed by atoms with Crippen molar-refractivity contribution in [2.24, 2.45) is 0 Å². The van der Waals surface area contributed by atoms with Gasteiger partial charge in [0.2, 0.25) is 0 Å². The van der Waals surface area contributed by atoms with Crippen LogP contribution in [-0.2, 0) is 20.7 Å². The summed E-state index contributed by atoms with van der Waals surface area (Å²) in [7, 11) is 1.21. The molecular weight excluding hydrogens is 312 g/mol. The predicted octanol–water partition coefficient (Wildman–Crippen LogP) is 1.65. The molecule has 1 aromatic carbocycles. The Hall–Kier alpha value is -3.33. The molecule has 0 spiro atoms. The number of benzene rings is 1. The maximum atomic E-state index is 12.0. The van der Waals surface area contributed by atoms with Crippen molar-refractivity contribution in [2.75, 3.05) is 13.7 Å². The van der Waals surface area contributed by atoms with Crippen molar-refractivity contribution >= 4 is 22.7 Å². The van der Waals surface area contributed by atoms with E-state index in [1.807, 2.05) is 0 Å². The van der Waals surface area contributed by atoms with Crippen LogP contribution in [0.5, 0.6) is 5.75 Å². The zero-order valence-corrected chi connectivity index (χ0v) is 12.9. The molecule has 0 aliphatic carbocycles. The van der Waals surface area contributed by atoms with E-state index in [4.69, 9.17) is 15.6 Å². The van der Waals surface area contributed by atoms with Gasteiger partial charge in [0, 0.05) is 29.5 Å². The Balaban J connectivity index is 2.23. The highest BCUT2D eigenvalue weighted by molar-refractivity contribution is 5.97. The van der Waals surface area contributed by atoms with E-state index < -0.39 is 17.4 Å². The van der Waals surface area contributed by atoms with E-state index in [0.717, 1.165) is 12.2 Å². The number of hydrogen-bond acceptors (Lipinski definition) is 6. The van der Waals surface area contributed by atoms with Crippen LogP contribution in [0.3, 0.4) is 0 Å². The Morgan fingerprint density at radius 3 is 2.79 bits per heavy atom. The summed E-state index contributed by atoms with van der Waals surface area (Å²) in [6.07, 6.45) is 7.00. The van der Waals surface area contributed by atoms with Crippen LogP contribution in [0, 0.1) is 12.3 Å². The molecule has 1 aromatic heterocycles. The molecule has 0 bridgehead atoms. The summed E-state index contributed by atoms with van der Waals surface area (Å²) in [5.74, 6) is 1.76. The lowest BCUT2D eigenvalue weighted by Gasteiger charge is -2.04. The lowest BCUT2D eigenvalue weighted by molar-refractivity contribution is -0.135. The highest BCUT2D eigenvalue weighted by Gasteiger charge is 2.10. The molecule has 122 valence electrons. The number of ether oxygens (including phenoxy) is 2. The Morgan fingerprint density at radius 2 is 2.08 bits per heavy atom. The summed E-state index contributed by atoms with van der Waals surface area (Å²) in [4.78, 5) is 34.7. The molecule has 24 heavy (non-hydrogen) atoms. The lowest BCUT2D eigenvalue weighted by atomic mass is 10.1. The van der Waals surface area contributed by atoms with E-state index in [-0.39, 0.29) is 18.6 Å². The summed E-state index contributed by atoms with van der Waals surface area (Å²) < 4.78 is 14.9. The Labute approximate surface area is 137 Å². The zero-order valence-electron chi connectivity index (χ0n) is 12.9. The van der Waals surface area contributed by atoms with Gasteiger partial charge < -0.3 is 13.9 Å². The van der Waals surface area contributed by atoms with Crippen LogP contribution in [0.4, 0.5) is 0 Å². The van der Waals surface area contributed by atoms with Gasteiger partial charge in [-0.15, -0.1) is 6.42 Å². The van der Waals surface area contributed by atoms with Crippen LogP contribution in [0.15, 0.2) is 45.6 Å². The average Bonchev–Trinajstić information content (AvgIpc) is 2.58. The molecular formula is C18H14O6. The topological polar surface area (TPSA) is 82.8 Å². The number of carbonyl (C=O) groups is 2. The van der Waals surface area contributed by atoms with Gasteiger partial charge in [-0.05, 0) is 24.3 Å². The Kier molecular flexibility index (Phi) is 5.53. The van der Waals surface area contributed by atoms with E-state index in [0.29, 0.717) is 16.7 Å². The van der Waals surface area contributed by atoms with Gasteiger partial charge in [0.25, 0.3) is 0 Å². The number of ketones is 1. The van der Waals surface area contributed by atoms with Crippen molar-refractivity contribution in [3.63, 3.8) is 0 Å². The summed E-state index contributed by atoms with van der Waals surface area (Å²) in [5.41, 5.74) is -0.105. The van der Waals surface area contributed by atoms with E-state index in [1.165, 1.54) is 7.11 Å². The first-order chi connectivity index (χ1) is 11.5. The molecule has 0 aliphatic rings. The summed E-state index contributed by atoms with van der Waals surface area (Å²) in [5, 5.41) is 0.641. The second-order valence-electron chi connectivity index (χ2n) is 4.75. The van der Waals surface area contributed by atoms with Crippen molar-refractivity contribution in [2.45, 2.75) is 6.42 Å². The minimum atomic E-state index is -0.645. The first kappa shape index (κ1) is 17.0. The van der Waals surface area contributed by atoms with E-state index in [2.05, 4.69) is 10.7 Å². The smallest absolute Gasteiger partial charge is 0.339 e. The second-order valence-corrected chi connectivity index (χ2v) is 4.75. The highest BCUT2D eigenvalue weighted by atomic mass is 16.5. The fraction of sp³-hybridized carbons (Fsp3) is 0.167. The van der Waals surface area contributed by atoms with Crippen molar-refractivity contribution < 1.29 is 23.5 Å². The highest BCUT2D eigenvalue weighted by Crippen LogP contribution is 2.20. The van der Waals surface area contributed by atoms with Gasteiger partial charge in [0.15, 0.2) is 5.78 Å². The van der Waals surface area contributed by atoms with Gasteiger partial charge >= 0.3 is 11.6 Å². The van der Waals surface area contributed by atoms with Crippen LogP contribution in [0.1, 0.15) is 5.56 Å². The summed E-state index contributed by atoms with van der Waals surface area (Å²) >= 11 is 0. The largest absolute Gasteiger partial charge is 0.481 e. The molecule has 0 atom stereocenters. The first-order valence-corrected chi connectivity index (χ1v) is 6.95. The summed E-state index contributed by atoms with van der Waals surface area (Å²) in [6.45, 7) is 0.106. The quantitative estimate of drug-likeness (QED) is 0.347. The van der Waals surface area contributed by atoms with Gasteiger partial charge in [-0.2, -0.15) is 0 Å².